The van der Waals surface area contributed by atoms with Gasteiger partial charge in [0, 0.05) is 0 Å². The Morgan fingerprint density at radius 2 is 2.36 bits per heavy atom. The SMILES string of the molecule is CC(C)CCSCC(=O)c1cccs1. The van der Waals surface area contributed by atoms with Gasteiger partial charge in [0.05, 0.1) is 10.6 Å². The standard InChI is InChI=1S/C11H16OS2/c1-9(2)5-7-13-8-10(12)11-4-3-6-14-11/h3-4,6,9H,5,7-8H2,1-2H3. The number of thiophene rings is 1. The van der Waals surface area contributed by atoms with E-state index in [9.17, 15) is 4.79 Å². The zero-order chi connectivity index (χ0) is 10.4. The van der Waals surface area contributed by atoms with Crippen molar-refractivity contribution in [3.8, 4) is 0 Å². The lowest BCUT2D eigenvalue weighted by molar-refractivity contribution is 0.102. The van der Waals surface area contributed by atoms with Crippen molar-refractivity contribution in [3.05, 3.63) is 22.4 Å². The van der Waals surface area contributed by atoms with Crippen LogP contribution >= 0.6 is 23.1 Å². The molecule has 3 heteroatoms. The zero-order valence-electron chi connectivity index (χ0n) is 8.66. The Morgan fingerprint density at radius 3 is 2.93 bits per heavy atom. The van der Waals surface area contributed by atoms with E-state index in [-0.39, 0.29) is 5.78 Å². The van der Waals surface area contributed by atoms with Gasteiger partial charge in [0.25, 0.3) is 0 Å². The van der Waals surface area contributed by atoms with Gasteiger partial charge >= 0.3 is 0 Å². The van der Waals surface area contributed by atoms with E-state index in [4.69, 9.17) is 0 Å². The summed E-state index contributed by atoms with van der Waals surface area (Å²) in [6.45, 7) is 4.42. The normalized spacial score (nSPS) is 10.8. The first-order chi connectivity index (χ1) is 6.70. The van der Waals surface area contributed by atoms with E-state index in [0.717, 1.165) is 16.5 Å². The molecule has 1 rings (SSSR count). The fourth-order valence-corrected chi connectivity index (χ4v) is 2.87. The monoisotopic (exact) mass is 228 g/mol. The van der Waals surface area contributed by atoms with Crippen LogP contribution < -0.4 is 0 Å². The van der Waals surface area contributed by atoms with E-state index in [2.05, 4.69) is 13.8 Å². The van der Waals surface area contributed by atoms with E-state index in [1.54, 1.807) is 11.8 Å². The van der Waals surface area contributed by atoms with Gasteiger partial charge in [0.2, 0.25) is 0 Å². The van der Waals surface area contributed by atoms with Gasteiger partial charge in [-0.3, -0.25) is 4.79 Å². The summed E-state index contributed by atoms with van der Waals surface area (Å²) >= 11 is 3.28. The first-order valence-corrected chi connectivity index (χ1v) is 6.88. The highest BCUT2D eigenvalue weighted by Crippen LogP contribution is 2.14. The van der Waals surface area contributed by atoms with Gasteiger partial charge in [-0.05, 0) is 29.5 Å². The minimum atomic E-state index is 0.272. The summed E-state index contributed by atoms with van der Waals surface area (Å²) in [4.78, 5) is 12.4. The van der Waals surface area contributed by atoms with Crippen molar-refractivity contribution in [2.24, 2.45) is 5.92 Å². The number of thioether (sulfide) groups is 1. The van der Waals surface area contributed by atoms with Gasteiger partial charge in [0.1, 0.15) is 0 Å². The van der Waals surface area contributed by atoms with E-state index in [1.165, 1.54) is 17.8 Å². The molecule has 0 radical (unpaired) electrons. The number of carbonyl (C=O) groups excluding carboxylic acids is 1. The molecule has 0 amide bonds. The van der Waals surface area contributed by atoms with Crippen LogP contribution in [0, 0.1) is 5.92 Å². The molecule has 0 aromatic carbocycles. The summed E-state index contributed by atoms with van der Waals surface area (Å²) in [6.07, 6.45) is 1.20. The molecule has 1 heterocycles. The lowest BCUT2D eigenvalue weighted by Crippen LogP contribution is -2.01. The van der Waals surface area contributed by atoms with Crippen LogP contribution in [0.15, 0.2) is 17.5 Å². The molecule has 0 spiro atoms. The van der Waals surface area contributed by atoms with Crippen molar-refractivity contribution >= 4 is 28.9 Å². The lowest BCUT2D eigenvalue weighted by Gasteiger charge is -2.02. The molecule has 0 saturated carbocycles. The molecule has 0 saturated heterocycles. The van der Waals surface area contributed by atoms with Crippen LogP contribution in [0.5, 0.6) is 0 Å². The van der Waals surface area contributed by atoms with Crippen LogP contribution in [-0.4, -0.2) is 17.3 Å². The zero-order valence-corrected chi connectivity index (χ0v) is 10.3. The maximum absolute atomic E-state index is 11.5. The summed E-state index contributed by atoms with van der Waals surface area (Å²) < 4.78 is 0. The Bertz CT molecular complexity index is 265. The minimum Gasteiger partial charge on any atom is -0.292 e. The number of carbonyl (C=O) groups is 1. The fraction of sp³-hybridized carbons (Fsp3) is 0.545. The summed E-state index contributed by atoms with van der Waals surface area (Å²) in [6, 6.07) is 3.83. The number of ketones is 1. The highest BCUT2D eigenvalue weighted by atomic mass is 32.2. The van der Waals surface area contributed by atoms with E-state index >= 15 is 0 Å². The second-order valence-corrected chi connectivity index (χ2v) is 5.69. The van der Waals surface area contributed by atoms with Crippen LogP contribution in [0.4, 0.5) is 0 Å². The maximum Gasteiger partial charge on any atom is 0.182 e. The van der Waals surface area contributed by atoms with Crippen molar-refractivity contribution < 1.29 is 4.79 Å². The van der Waals surface area contributed by atoms with Crippen LogP contribution in [-0.2, 0) is 0 Å². The molecule has 0 aliphatic carbocycles. The van der Waals surface area contributed by atoms with Crippen molar-refractivity contribution in [1.82, 2.24) is 0 Å². The molecule has 0 aliphatic heterocycles. The first-order valence-electron chi connectivity index (χ1n) is 4.84. The molecule has 0 N–H and O–H groups in total. The first kappa shape index (κ1) is 11.8. The van der Waals surface area contributed by atoms with Gasteiger partial charge in [-0.2, -0.15) is 11.8 Å². The van der Waals surface area contributed by atoms with Gasteiger partial charge in [0.15, 0.2) is 5.78 Å². The second-order valence-electron chi connectivity index (χ2n) is 3.64. The quantitative estimate of drug-likeness (QED) is 0.545. The highest BCUT2D eigenvalue weighted by molar-refractivity contribution is 7.99. The molecular weight excluding hydrogens is 212 g/mol. The predicted octanol–water partition coefficient (Wildman–Crippen LogP) is 3.71. The van der Waals surface area contributed by atoms with Gasteiger partial charge in [-0.15, -0.1) is 11.3 Å². The molecule has 0 bridgehead atoms. The second kappa shape index (κ2) is 6.25. The molecular formula is C11H16OS2. The number of hydrogen-bond donors (Lipinski definition) is 0. The van der Waals surface area contributed by atoms with Crippen molar-refractivity contribution in [1.29, 1.82) is 0 Å². The highest BCUT2D eigenvalue weighted by Gasteiger charge is 2.06. The average Bonchev–Trinajstić information content (AvgIpc) is 2.64. The third-order valence-electron chi connectivity index (χ3n) is 1.87. The molecule has 78 valence electrons. The summed E-state index contributed by atoms with van der Waals surface area (Å²) in [5, 5.41) is 1.95. The lowest BCUT2D eigenvalue weighted by atomic mass is 10.2. The Balaban J connectivity index is 2.16. The van der Waals surface area contributed by atoms with Gasteiger partial charge in [-0.25, -0.2) is 0 Å². The predicted molar refractivity (Wildman–Crippen MR) is 65.4 cm³/mol. The van der Waals surface area contributed by atoms with Crippen LogP contribution in [0.2, 0.25) is 0 Å². The molecule has 1 aromatic rings. The van der Waals surface area contributed by atoms with Crippen molar-refractivity contribution in [2.45, 2.75) is 20.3 Å². The smallest absolute Gasteiger partial charge is 0.182 e. The van der Waals surface area contributed by atoms with Crippen molar-refractivity contribution in [3.63, 3.8) is 0 Å². The van der Waals surface area contributed by atoms with Crippen LogP contribution in [0.3, 0.4) is 0 Å². The largest absolute Gasteiger partial charge is 0.292 e. The Labute approximate surface area is 93.9 Å². The van der Waals surface area contributed by atoms with E-state index < -0.39 is 0 Å². The molecule has 0 fully saturated rings. The third-order valence-corrected chi connectivity index (χ3v) is 3.77. The molecule has 1 aromatic heterocycles. The third kappa shape index (κ3) is 4.29. The Hall–Kier alpha value is -0.280. The van der Waals surface area contributed by atoms with Crippen molar-refractivity contribution in [2.75, 3.05) is 11.5 Å². The van der Waals surface area contributed by atoms with Crippen LogP contribution in [0.1, 0.15) is 29.9 Å². The molecule has 0 atom stereocenters. The van der Waals surface area contributed by atoms with Crippen LogP contribution in [0.25, 0.3) is 0 Å². The number of Topliss-reactive ketones (excluding diaryl/α,β-unsaturated/α-hetero) is 1. The average molecular weight is 228 g/mol. The molecule has 1 nitrogen and oxygen atoms in total. The number of rotatable bonds is 6. The fourth-order valence-electron chi connectivity index (χ4n) is 0.992. The summed E-state index contributed by atoms with van der Waals surface area (Å²) in [7, 11) is 0. The Morgan fingerprint density at radius 1 is 1.57 bits per heavy atom. The summed E-state index contributed by atoms with van der Waals surface area (Å²) in [5.41, 5.74) is 0. The molecule has 0 unspecified atom stereocenters. The maximum atomic E-state index is 11.5. The Kier molecular flexibility index (Phi) is 5.26. The topological polar surface area (TPSA) is 17.1 Å². The van der Waals surface area contributed by atoms with E-state index in [1.807, 2.05) is 17.5 Å². The van der Waals surface area contributed by atoms with E-state index in [0.29, 0.717) is 5.75 Å². The summed E-state index contributed by atoms with van der Waals surface area (Å²) in [5.74, 6) is 2.73. The minimum absolute atomic E-state index is 0.272. The number of hydrogen-bond acceptors (Lipinski definition) is 3. The van der Waals surface area contributed by atoms with Gasteiger partial charge in [-0.1, -0.05) is 19.9 Å². The molecule has 0 aliphatic rings. The van der Waals surface area contributed by atoms with Gasteiger partial charge < -0.3 is 0 Å². The molecule has 14 heavy (non-hydrogen) atoms.